The molecular weight excluding hydrogens is 773 g/mol. The van der Waals surface area contributed by atoms with Crippen LogP contribution >= 0.6 is 11.3 Å². The topological polar surface area (TPSA) is 43.6 Å². The predicted octanol–water partition coefficient (Wildman–Crippen LogP) is 15.3. The maximum absolute atomic E-state index is 5.32. The fourth-order valence-corrected chi connectivity index (χ4v) is 9.97. The largest absolute Gasteiger partial charge is 0.308 e. The van der Waals surface area contributed by atoms with Gasteiger partial charge in [-0.2, -0.15) is 0 Å². The molecule has 4 nitrogen and oxygen atoms in total. The van der Waals surface area contributed by atoms with Crippen LogP contribution in [0.1, 0.15) is 0 Å². The molecule has 5 heteroatoms. The lowest BCUT2D eigenvalue weighted by Gasteiger charge is -2.16. The minimum Gasteiger partial charge on any atom is -0.308 e. The van der Waals surface area contributed by atoms with Crippen LogP contribution in [0.4, 0.5) is 0 Å². The van der Waals surface area contributed by atoms with E-state index in [4.69, 9.17) is 15.0 Å². The zero-order chi connectivity index (χ0) is 41.0. The zero-order valence-electron chi connectivity index (χ0n) is 33.5. The molecule has 0 saturated carbocycles. The average molecular weight is 809 g/mol. The lowest BCUT2D eigenvalue weighted by atomic mass is 9.99. The fourth-order valence-electron chi connectivity index (χ4n) is 8.83. The second kappa shape index (κ2) is 14.9. The van der Waals surface area contributed by atoms with Crippen molar-refractivity contribution in [3.05, 3.63) is 218 Å². The number of benzene rings is 9. The van der Waals surface area contributed by atoms with E-state index in [-0.39, 0.29) is 0 Å². The Morgan fingerprint density at radius 3 is 1.31 bits per heavy atom. The second-order valence-electron chi connectivity index (χ2n) is 15.6. The first-order chi connectivity index (χ1) is 30.7. The molecule has 12 rings (SSSR count). The minimum atomic E-state index is 0.606. The fraction of sp³-hybridized carbons (Fsp3) is 0. The van der Waals surface area contributed by atoms with Crippen molar-refractivity contribution in [3.63, 3.8) is 0 Å². The first-order valence-corrected chi connectivity index (χ1v) is 21.7. The van der Waals surface area contributed by atoms with Gasteiger partial charge in [-0.05, 0) is 81.9 Å². The van der Waals surface area contributed by atoms with Crippen molar-refractivity contribution < 1.29 is 0 Å². The monoisotopic (exact) mass is 808 g/mol. The Balaban J connectivity index is 1.14. The molecule has 9 aromatic carbocycles. The van der Waals surface area contributed by atoms with E-state index >= 15 is 0 Å². The summed E-state index contributed by atoms with van der Waals surface area (Å²) >= 11 is 1.84. The van der Waals surface area contributed by atoms with Crippen molar-refractivity contribution in [3.8, 4) is 73.2 Å². The van der Waals surface area contributed by atoms with Gasteiger partial charge >= 0.3 is 0 Å². The first-order valence-electron chi connectivity index (χ1n) is 20.8. The molecule has 3 aromatic heterocycles. The van der Waals surface area contributed by atoms with Crippen LogP contribution in [0.3, 0.4) is 0 Å². The highest BCUT2D eigenvalue weighted by atomic mass is 32.1. The normalized spacial score (nSPS) is 11.5. The lowest BCUT2D eigenvalue weighted by molar-refractivity contribution is 1.06. The molecule has 0 atom stereocenters. The summed E-state index contributed by atoms with van der Waals surface area (Å²) in [5.74, 6) is 1.86. The van der Waals surface area contributed by atoms with Crippen LogP contribution in [0.2, 0.25) is 0 Å². The van der Waals surface area contributed by atoms with E-state index in [9.17, 15) is 0 Å². The molecule has 0 aliphatic carbocycles. The van der Waals surface area contributed by atoms with Gasteiger partial charge in [-0.1, -0.05) is 170 Å². The van der Waals surface area contributed by atoms with E-state index in [1.807, 2.05) is 47.7 Å². The van der Waals surface area contributed by atoms with Gasteiger partial charge in [-0.25, -0.2) is 15.0 Å². The van der Waals surface area contributed by atoms with Gasteiger partial charge in [0.05, 0.1) is 16.7 Å². The second-order valence-corrected chi connectivity index (χ2v) is 16.7. The van der Waals surface area contributed by atoms with Gasteiger partial charge in [0.1, 0.15) is 0 Å². The van der Waals surface area contributed by atoms with Gasteiger partial charge in [0.2, 0.25) is 0 Å². The van der Waals surface area contributed by atoms with Crippen molar-refractivity contribution >= 4 is 53.3 Å². The third-order valence-electron chi connectivity index (χ3n) is 11.9. The van der Waals surface area contributed by atoms with Crippen molar-refractivity contribution in [2.45, 2.75) is 0 Å². The van der Waals surface area contributed by atoms with Crippen LogP contribution < -0.4 is 0 Å². The highest BCUT2D eigenvalue weighted by Crippen LogP contribution is 2.42. The van der Waals surface area contributed by atoms with E-state index in [1.54, 1.807) is 0 Å². The van der Waals surface area contributed by atoms with Gasteiger partial charge < -0.3 is 4.57 Å². The van der Waals surface area contributed by atoms with E-state index in [1.165, 1.54) is 53.2 Å². The van der Waals surface area contributed by atoms with Crippen LogP contribution in [0, 0.1) is 0 Å². The molecule has 290 valence electrons. The molecule has 12 aromatic rings. The Kier molecular flexibility index (Phi) is 8.65. The Hall–Kier alpha value is -7.99. The summed E-state index contributed by atoms with van der Waals surface area (Å²) < 4.78 is 4.95. The van der Waals surface area contributed by atoms with Crippen molar-refractivity contribution in [2.24, 2.45) is 0 Å². The first kappa shape index (κ1) is 35.9. The molecule has 0 N–H and O–H groups in total. The Labute approximate surface area is 362 Å². The number of hydrogen-bond donors (Lipinski definition) is 0. The quantitative estimate of drug-likeness (QED) is 0.161. The standard InChI is InChI=1S/C57H36N4S/c1-5-15-37(16-6-1)41-26-30-50-47(33-41)48-34-42(38-17-7-2-8-18-38)27-31-51(48)61(50)52-32-28-43(44-25-29-46-45-23-13-14-24-53(45)62-54(46)36-44)35-49(52)57-59-55(39-19-9-3-10-20-39)58-56(60-57)40-21-11-4-12-22-40/h1-36H. The smallest absolute Gasteiger partial charge is 0.166 e. The number of hydrogen-bond acceptors (Lipinski definition) is 4. The highest BCUT2D eigenvalue weighted by Gasteiger charge is 2.22. The molecule has 3 heterocycles. The SMILES string of the molecule is c1ccc(-c2ccc3c(c2)c2cc(-c4ccccc4)ccc2n3-c2ccc(-c3ccc4c(c3)sc3ccccc34)cc2-c2nc(-c3ccccc3)nc(-c3ccccc3)n2)cc1. The number of rotatable bonds is 7. The van der Waals surface area contributed by atoms with Gasteiger partial charge in [-0.15, -0.1) is 11.3 Å². The van der Waals surface area contributed by atoms with Crippen molar-refractivity contribution in [1.82, 2.24) is 19.5 Å². The van der Waals surface area contributed by atoms with Crippen LogP contribution in [-0.4, -0.2) is 19.5 Å². The predicted molar refractivity (Wildman–Crippen MR) is 260 cm³/mol. The number of fused-ring (bicyclic) bond motifs is 6. The summed E-state index contributed by atoms with van der Waals surface area (Å²) in [7, 11) is 0. The summed E-state index contributed by atoms with van der Waals surface area (Å²) in [5.41, 5.74) is 12.9. The molecule has 0 fully saturated rings. The third kappa shape index (κ3) is 6.26. The Bertz CT molecular complexity index is 3460. The third-order valence-corrected chi connectivity index (χ3v) is 13.0. The molecule has 0 bridgehead atoms. The summed E-state index contributed by atoms with van der Waals surface area (Å²) in [4.78, 5) is 15.7. The van der Waals surface area contributed by atoms with Crippen LogP contribution in [0.5, 0.6) is 0 Å². The van der Waals surface area contributed by atoms with Crippen LogP contribution in [-0.2, 0) is 0 Å². The summed E-state index contributed by atoms with van der Waals surface area (Å²) in [5, 5.41) is 4.92. The van der Waals surface area contributed by atoms with E-state index in [2.05, 4.69) is 187 Å². The van der Waals surface area contributed by atoms with Crippen molar-refractivity contribution in [1.29, 1.82) is 0 Å². The maximum atomic E-state index is 5.32. The van der Waals surface area contributed by atoms with Gasteiger partial charge in [0.25, 0.3) is 0 Å². The molecule has 0 aliphatic heterocycles. The van der Waals surface area contributed by atoms with E-state index in [0.717, 1.165) is 44.5 Å². The highest BCUT2D eigenvalue weighted by molar-refractivity contribution is 7.25. The molecule has 0 unspecified atom stereocenters. The average Bonchev–Trinajstić information content (AvgIpc) is 3.89. The van der Waals surface area contributed by atoms with Gasteiger partial charge in [0.15, 0.2) is 17.5 Å². The number of nitrogens with zero attached hydrogens (tertiary/aromatic N) is 4. The summed E-state index contributed by atoms with van der Waals surface area (Å²) in [6.07, 6.45) is 0. The van der Waals surface area contributed by atoms with Crippen LogP contribution in [0.25, 0.3) is 115 Å². The van der Waals surface area contributed by atoms with Gasteiger partial charge in [-0.3, -0.25) is 0 Å². The minimum absolute atomic E-state index is 0.606. The molecular formula is C57H36N4S. The van der Waals surface area contributed by atoms with Crippen LogP contribution in [0.15, 0.2) is 218 Å². The maximum Gasteiger partial charge on any atom is 0.166 e. The zero-order valence-corrected chi connectivity index (χ0v) is 34.3. The number of thiophene rings is 1. The van der Waals surface area contributed by atoms with Gasteiger partial charge in [0, 0.05) is 47.6 Å². The molecule has 0 radical (unpaired) electrons. The lowest BCUT2D eigenvalue weighted by Crippen LogP contribution is -2.04. The summed E-state index contributed by atoms with van der Waals surface area (Å²) in [6, 6.07) is 77.7. The molecule has 0 saturated heterocycles. The molecule has 62 heavy (non-hydrogen) atoms. The van der Waals surface area contributed by atoms with Crippen molar-refractivity contribution in [2.75, 3.05) is 0 Å². The number of aromatic nitrogens is 4. The Morgan fingerprint density at radius 1 is 0.290 bits per heavy atom. The summed E-state index contributed by atoms with van der Waals surface area (Å²) in [6.45, 7) is 0. The van der Waals surface area contributed by atoms with E-state index < -0.39 is 0 Å². The van der Waals surface area contributed by atoms with E-state index in [0.29, 0.717) is 17.5 Å². The molecule has 0 spiro atoms. The Morgan fingerprint density at radius 2 is 0.726 bits per heavy atom. The molecule has 0 aliphatic rings. The molecule has 0 amide bonds.